The number of fused-ring (bicyclic) bond motifs is 1. The quantitative estimate of drug-likeness (QED) is 0.731. The van der Waals surface area contributed by atoms with Crippen LogP contribution in [-0.4, -0.2) is 42.5 Å². The monoisotopic (exact) mass is 337 g/mol. The summed E-state index contributed by atoms with van der Waals surface area (Å²) < 4.78 is 1.72. The van der Waals surface area contributed by atoms with E-state index in [0.29, 0.717) is 30.7 Å². The first-order valence-electron chi connectivity index (χ1n) is 8.37. The number of hydrogen-bond donors (Lipinski definition) is 2. The molecule has 0 spiro atoms. The van der Waals surface area contributed by atoms with E-state index in [4.69, 9.17) is 0 Å². The maximum absolute atomic E-state index is 12.6. The highest BCUT2D eigenvalue weighted by Gasteiger charge is 2.35. The van der Waals surface area contributed by atoms with Gasteiger partial charge in [-0.05, 0) is 37.0 Å². The molecule has 4 rings (SSSR count). The van der Waals surface area contributed by atoms with Gasteiger partial charge in [0.2, 0.25) is 5.78 Å². The molecule has 0 saturated heterocycles. The molecule has 0 aliphatic heterocycles. The third-order valence-corrected chi connectivity index (χ3v) is 4.66. The van der Waals surface area contributed by atoms with Crippen LogP contribution in [0.4, 0.5) is 0 Å². The maximum atomic E-state index is 12.6. The summed E-state index contributed by atoms with van der Waals surface area (Å²) in [5, 5.41) is 12.7. The van der Waals surface area contributed by atoms with Gasteiger partial charge < -0.3 is 10.4 Å². The van der Waals surface area contributed by atoms with Crippen molar-refractivity contribution >= 4 is 11.7 Å². The minimum Gasteiger partial charge on any atom is -0.393 e. The van der Waals surface area contributed by atoms with Crippen molar-refractivity contribution in [3.8, 4) is 0 Å². The number of carbonyl (C=O) groups is 1. The van der Waals surface area contributed by atoms with Gasteiger partial charge >= 0.3 is 0 Å². The lowest BCUT2D eigenvalue weighted by Crippen LogP contribution is -2.48. The van der Waals surface area contributed by atoms with Gasteiger partial charge in [0.15, 0.2) is 0 Å². The molecule has 1 aliphatic rings. The molecule has 25 heavy (non-hydrogen) atoms. The summed E-state index contributed by atoms with van der Waals surface area (Å²) in [5.74, 6) is 0.511. The highest BCUT2D eigenvalue weighted by Crippen LogP contribution is 2.31. The summed E-state index contributed by atoms with van der Waals surface area (Å²) in [6.45, 7) is 0. The molecule has 0 aromatic carbocycles. The zero-order chi connectivity index (χ0) is 17.2. The first-order chi connectivity index (χ1) is 12.2. The van der Waals surface area contributed by atoms with Crippen molar-refractivity contribution in [2.24, 2.45) is 5.92 Å². The van der Waals surface area contributed by atoms with E-state index in [1.165, 1.54) is 0 Å². The van der Waals surface area contributed by atoms with Crippen LogP contribution in [-0.2, 0) is 6.42 Å². The number of carbonyl (C=O) groups excluding carboxylic acids is 1. The van der Waals surface area contributed by atoms with Gasteiger partial charge in [-0.15, -0.1) is 0 Å². The molecule has 3 heterocycles. The molecule has 1 amide bonds. The molecule has 0 radical (unpaired) electrons. The maximum Gasteiger partial charge on any atom is 0.271 e. The highest BCUT2D eigenvalue weighted by molar-refractivity contribution is 5.93. The molecule has 3 aromatic heterocycles. The molecule has 2 N–H and O–H groups in total. The van der Waals surface area contributed by atoms with E-state index < -0.39 is 0 Å². The fourth-order valence-corrected chi connectivity index (χ4v) is 3.22. The Morgan fingerprint density at radius 2 is 2.12 bits per heavy atom. The number of nitrogens with zero attached hydrogens (tertiary/aromatic N) is 4. The van der Waals surface area contributed by atoms with Crippen molar-refractivity contribution in [3.63, 3.8) is 0 Å². The molecule has 1 fully saturated rings. The number of pyridine rings is 1. The molecular formula is C18H19N5O2. The Kier molecular flexibility index (Phi) is 4.15. The van der Waals surface area contributed by atoms with Crippen molar-refractivity contribution in [1.82, 2.24) is 24.7 Å². The molecule has 128 valence electrons. The van der Waals surface area contributed by atoms with E-state index in [2.05, 4.69) is 20.3 Å². The average Bonchev–Trinajstić information content (AvgIpc) is 3.04. The lowest BCUT2D eigenvalue weighted by molar-refractivity contribution is 0.0237. The number of hydrogen-bond acceptors (Lipinski definition) is 5. The van der Waals surface area contributed by atoms with Crippen LogP contribution in [0.2, 0.25) is 0 Å². The molecule has 1 atom stereocenters. The Morgan fingerprint density at radius 1 is 1.28 bits per heavy atom. The Hall–Kier alpha value is -2.80. The zero-order valence-electron chi connectivity index (χ0n) is 13.6. The van der Waals surface area contributed by atoms with Crippen molar-refractivity contribution in [2.45, 2.75) is 31.4 Å². The van der Waals surface area contributed by atoms with Crippen molar-refractivity contribution in [3.05, 3.63) is 60.4 Å². The van der Waals surface area contributed by atoms with Crippen molar-refractivity contribution in [2.75, 3.05) is 0 Å². The minimum absolute atomic E-state index is 0.0800. The third-order valence-electron chi connectivity index (χ3n) is 4.66. The molecule has 0 bridgehead atoms. The second kappa shape index (κ2) is 6.60. The number of imidazole rings is 1. The summed E-state index contributed by atoms with van der Waals surface area (Å²) in [6, 6.07) is 7.46. The van der Waals surface area contributed by atoms with Gasteiger partial charge in [-0.2, -0.15) is 0 Å². The van der Waals surface area contributed by atoms with E-state index in [-0.39, 0.29) is 24.0 Å². The third kappa shape index (κ3) is 3.36. The van der Waals surface area contributed by atoms with Crippen molar-refractivity contribution < 1.29 is 9.90 Å². The van der Waals surface area contributed by atoms with Gasteiger partial charge in [0.05, 0.1) is 6.10 Å². The van der Waals surface area contributed by atoms with Crippen molar-refractivity contribution in [1.29, 1.82) is 0 Å². The number of aliphatic hydroxyl groups excluding tert-OH is 1. The molecular weight excluding hydrogens is 318 g/mol. The van der Waals surface area contributed by atoms with Crippen LogP contribution in [0.15, 0.2) is 49.1 Å². The topological polar surface area (TPSA) is 92.4 Å². The van der Waals surface area contributed by atoms with Gasteiger partial charge in [-0.25, -0.2) is 9.97 Å². The van der Waals surface area contributed by atoms with Crippen LogP contribution < -0.4 is 5.32 Å². The summed E-state index contributed by atoms with van der Waals surface area (Å²) in [6.07, 6.45) is 8.63. The number of rotatable bonds is 5. The number of aliphatic hydroxyl groups is 1. The second-order valence-electron chi connectivity index (χ2n) is 6.44. The molecule has 1 aliphatic carbocycles. The first kappa shape index (κ1) is 15.7. The number of amides is 1. The molecule has 1 saturated carbocycles. The Labute approximate surface area is 144 Å². The highest BCUT2D eigenvalue weighted by atomic mass is 16.3. The second-order valence-corrected chi connectivity index (χ2v) is 6.44. The smallest absolute Gasteiger partial charge is 0.271 e. The summed E-state index contributed by atoms with van der Waals surface area (Å²) >= 11 is 0. The average molecular weight is 337 g/mol. The Balaban J connectivity index is 1.51. The molecule has 3 aromatic rings. The van der Waals surface area contributed by atoms with Gasteiger partial charge in [0.1, 0.15) is 5.69 Å². The SMILES string of the molecule is O=C(NC(Cc1ccccn1)C1CC(O)C1)c1cn2cccnc2n1. The lowest BCUT2D eigenvalue weighted by atomic mass is 9.76. The van der Waals surface area contributed by atoms with E-state index in [1.807, 2.05) is 18.2 Å². The number of aromatic nitrogens is 4. The van der Waals surface area contributed by atoms with E-state index >= 15 is 0 Å². The van der Waals surface area contributed by atoms with Crippen LogP contribution in [0.5, 0.6) is 0 Å². The zero-order valence-corrected chi connectivity index (χ0v) is 13.6. The Morgan fingerprint density at radius 3 is 2.84 bits per heavy atom. The molecule has 7 heteroatoms. The normalized spacial score (nSPS) is 20.8. The van der Waals surface area contributed by atoms with E-state index in [1.54, 1.807) is 35.3 Å². The summed E-state index contributed by atoms with van der Waals surface area (Å²) in [7, 11) is 0. The summed E-state index contributed by atoms with van der Waals surface area (Å²) in [4.78, 5) is 25.4. The van der Waals surface area contributed by atoms with Crippen LogP contribution in [0.1, 0.15) is 29.0 Å². The fourth-order valence-electron chi connectivity index (χ4n) is 3.22. The minimum atomic E-state index is -0.271. The van der Waals surface area contributed by atoms with Gasteiger partial charge in [-0.3, -0.25) is 14.2 Å². The van der Waals surface area contributed by atoms with E-state index in [9.17, 15) is 9.90 Å². The Bertz CT molecular complexity index is 840. The number of nitrogens with one attached hydrogen (secondary N) is 1. The lowest BCUT2D eigenvalue weighted by Gasteiger charge is -2.37. The fraction of sp³-hybridized carbons (Fsp3) is 0.333. The van der Waals surface area contributed by atoms with Gasteiger partial charge in [-0.1, -0.05) is 6.07 Å². The summed E-state index contributed by atoms with van der Waals surface area (Å²) in [5.41, 5.74) is 1.26. The van der Waals surface area contributed by atoms with Crippen LogP contribution in [0.3, 0.4) is 0 Å². The van der Waals surface area contributed by atoms with Gasteiger partial charge in [0, 0.05) is 42.9 Å². The standard InChI is InChI=1S/C18H19N5O2/c24-14-8-12(9-14)15(10-13-4-1-2-5-19-13)21-17(25)16-11-23-7-3-6-20-18(23)22-16/h1-7,11-12,14-15,24H,8-10H2,(H,21,25). The molecule has 1 unspecified atom stereocenters. The van der Waals surface area contributed by atoms with Crippen LogP contribution in [0, 0.1) is 5.92 Å². The van der Waals surface area contributed by atoms with Crippen LogP contribution in [0.25, 0.3) is 5.78 Å². The van der Waals surface area contributed by atoms with Crippen LogP contribution >= 0.6 is 0 Å². The first-order valence-corrected chi connectivity index (χ1v) is 8.37. The molecule has 7 nitrogen and oxygen atoms in total. The van der Waals surface area contributed by atoms with Gasteiger partial charge in [0.25, 0.3) is 5.91 Å². The largest absolute Gasteiger partial charge is 0.393 e. The predicted octanol–water partition coefficient (Wildman–Crippen LogP) is 1.24. The van der Waals surface area contributed by atoms with E-state index in [0.717, 1.165) is 5.69 Å². The predicted molar refractivity (Wildman–Crippen MR) is 90.9 cm³/mol.